The Morgan fingerprint density at radius 3 is 2.83 bits per heavy atom. The minimum atomic E-state index is -4.41. The molecule has 1 aromatic carbocycles. The maximum absolute atomic E-state index is 12.7. The van der Waals surface area contributed by atoms with Crippen molar-refractivity contribution < 1.29 is 18.0 Å². The van der Waals surface area contributed by atoms with Gasteiger partial charge in [0.05, 0.1) is 24.0 Å². The van der Waals surface area contributed by atoms with Crippen molar-refractivity contribution in [3.8, 4) is 11.3 Å². The zero-order valence-electron chi connectivity index (χ0n) is 11.5. The average Bonchev–Trinajstić information content (AvgIpc) is 3.02. The van der Waals surface area contributed by atoms with E-state index in [-0.39, 0.29) is 6.54 Å². The monoisotopic (exact) mass is 341 g/mol. The number of primary amides is 1. The molecule has 10 heteroatoms. The molecule has 120 valence electrons. The minimum absolute atomic E-state index is 0.0584. The molecule has 1 amide bonds. The number of anilines is 1. The van der Waals surface area contributed by atoms with Crippen LogP contribution in [0.4, 0.5) is 18.3 Å². The van der Waals surface area contributed by atoms with Crippen LogP contribution in [0.2, 0.25) is 0 Å². The first-order chi connectivity index (χ1) is 10.8. The molecule has 0 aliphatic rings. The van der Waals surface area contributed by atoms with Crippen LogP contribution in [0.3, 0.4) is 0 Å². The zero-order valence-corrected chi connectivity index (χ0v) is 12.3. The average molecular weight is 341 g/mol. The summed E-state index contributed by atoms with van der Waals surface area (Å²) in [5.74, 6) is -0.525. The van der Waals surface area contributed by atoms with Crippen LogP contribution in [-0.4, -0.2) is 27.0 Å². The number of hydrogen-bond acceptors (Lipinski definition) is 5. The Balaban J connectivity index is 1.89. The molecule has 0 aliphatic heterocycles. The van der Waals surface area contributed by atoms with E-state index in [1.165, 1.54) is 16.8 Å². The molecule has 0 aliphatic carbocycles. The number of halogens is 3. The largest absolute Gasteiger partial charge is 0.416 e. The number of imidazole rings is 1. The van der Waals surface area contributed by atoms with Crippen molar-refractivity contribution in [1.82, 2.24) is 14.6 Å². The lowest BCUT2D eigenvalue weighted by Gasteiger charge is -2.07. The first kappa shape index (κ1) is 15.3. The van der Waals surface area contributed by atoms with Gasteiger partial charge in [-0.1, -0.05) is 23.5 Å². The SMILES string of the molecule is NC(=O)CNc1nn2cc(-c3cccc(C(F)(F)F)c3)nc2s1. The van der Waals surface area contributed by atoms with Crippen molar-refractivity contribution in [3.63, 3.8) is 0 Å². The van der Waals surface area contributed by atoms with E-state index in [0.29, 0.717) is 21.3 Å². The zero-order chi connectivity index (χ0) is 16.6. The van der Waals surface area contributed by atoms with Gasteiger partial charge in [-0.15, -0.1) is 5.10 Å². The van der Waals surface area contributed by atoms with E-state index < -0.39 is 17.6 Å². The fraction of sp³-hybridized carbons (Fsp3) is 0.154. The predicted molar refractivity (Wildman–Crippen MR) is 79.0 cm³/mol. The van der Waals surface area contributed by atoms with Crippen molar-refractivity contribution in [2.75, 3.05) is 11.9 Å². The maximum atomic E-state index is 12.7. The number of nitrogens with zero attached hydrogens (tertiary/aromatic N) is 3. The van der Waals surface area contributed by atoms with E-state index in [2.05, 4.69) is 15.4 Å². The number of nitrogens with one attached hydrogen (secondary N) is 1. The normalized spacial score (nSPS) is 11.8. The summed E-state index contributed by atoms with van der Waals surface area (Å²) in [7, 11) is 0. The molecule has 23 heavy (non-hydrogen) atoms. The molecule has 0 bridgehead atoms. The molecule has 0 radical (unpaired) electrons. The van der Waals surface area contributed by atoms with E-state index in [4.69, 9.17) is 5.73 Å². The Morgan fingerprint density at radius 2 is 2.17 bits per heavy atom. The van der Waals surface area contributed by atoms with Crippen LogP contribution in [0.1, 0.15) is 5.56 Å². The number of rotatable bonds is 4. The van der Waals surface area contributed by atoms with Crippen molar-refractivity contribution in [2.45, 2.75) is 6.18 Å². The third-order valence-electron chi connectivity index (χ3n) is 2.94. The van der Waals surface area contributed by atoms with Gasteiger partial charge in [0.2, 0.25) is 16.0 Å². The molecular formula is C13H10F3N5OS. The highest BCUT2D eigenvalue weighted by Crippen LogP contribution is 2.32. The number of alkyl halides is 3. The van der Waals surface area contributed by atoms with Crippen molar-refractivity contribution >= 4 is 27.3 Å². The number of nitrogens with two attached hydrogens (primary N) is 1. The second-order valence-corrected chi connectivity index (χ2v) is 5.61. The predicted octanol–water partition coefficient (Wildman–Crippen LogP) is 2.37. The van der Waals surface area contributed by atoms with Gasteiger partial charge in [0, 0.05) is 5.56 Å². The molecule has 0 saturated carbocycles. The minimum Gasteiger partial charge on any atom is -0.368 e. The summed E-state index contributed by atoms with van der Waals surface area (Å²) >= 11 is 1.16. The van der Waals surface area contributed by atoms with E-state index in [1.54, 1.807) is 6.07 Å². The lowest BCUT2D eigenvalue weighted by atomic mass is 10.1. The molecule has 0 unspecified atom stereocenters. The van der Waals surface area contributed by atoms with Crippen LogP contribution in [0.15, 0.2) is 30.5 Å². The second-order valence-electron chi connectivity index (χ2n) is 4.66. The van der Waals surface area contributed by atoms with Crippen molar-refractivity contribution in [2.24, 2.45) is 5.73 Å². The summed E-state index contributed by atoms with van der Waals surface area (Å²) in [6, 6.07) is 4.93. The Bertz CT molecular complexity index is 838. The molecule has 0 fully saturated rings. The maximum Gasteiger partial charge on any atom is 0.416 e. The number of carbonyl (C=O) groups excluding carboxylic acids is 1. The van der Waals surface area contributed by atoms with Crippen molar-refractivity contribution in [3.05, 3.63) is 36.0 Å². The lowest BCUT2D eigenvalue weighted by molar-refractivity contribution is -0.137. The molecule has 2 heterocycles. The molecule has 6 nitrogen and oxygen atoms in total. The van der Waals surface area contributed by atoms with Crippen LogP contribution < -0.4 is 11.1 Å². The molecule has 3 aromatic rings. The highest BCUT2D eigenvalue weighted by Gasteiger charge is 2.30. The standard InChI is InChI=1S/C13H10F3N5OS/c14-13(15,16)8-3-1-2-7(4-8)9-6-21-12(19-9)23-11(20-21)18-5-10(17)22/h1-4,6H,5H2,(H2,17,22)(H,18,20). The van der Waals surface area contributed by atoms with Gasteiger partial charge in [-0.05, 0) is 12.1 Å². The number of fused-ring (bicyclic) bond motifs is 1. The van der Waals surface area contributed by atoms with E-state index in [9.17, 15) is 18.0 Å². The van der Waals surface area contributed by atoms with Gasteiger partial charge in [-0.3, -0.25) is 4.79 Å². The first-order valence-corrected chi connectivity index (χ1v) is 7.20. The molecular weight excluding hydrogens is 331 g/mol. The van der Waals surface area contributed by atoms with Crippen LogP contribution in [0.5, 0.6) is 0 Å². The van der Waals surface area contributed by atoms with E-state index in [1.807, 2.05) is 0 Å². The van der Waals surface area contributed by atoms with Gasteiger partial charge in [0.1, 0.15) is 0 Å². The van der Waals surface area contributed by atoms with Gasteiger partial charge in [0.15, 0.2) is 0 Å². The summed E-state index contributed by atoms with van der Waals surface area (Å²) in [5.41, 5.74) is 5.02. The van der Waals surface area contributed by atoms with E-state index >= 15 is 0 Å². The van der Waals surface area contributed by atoms with Crippen LogP contribution in [0.25, 0.3) is 16.2 Å². The van der Waals surface area contributed by atoms with Crippen LogP contribution in [0, 0.1) is 0 Å². The molecule has 0 saturated heterocycles. The number of aromatic nitrogens is 3. The number of hydrogen-bond donors (Lipinski definition) is 2. The first-order valence-electron chi connectivity index (χ1n) is 6.39. The quantitative estimate of drug-likeness (QED) is 0.763. The Kier molecular flexibility index (Phi) is 3.68. The summed E-state index contributed by atoms with van der Waals surface area (Å²) in [6.45, 7) is -0.0584. The molecule has 2 aromatic heterocycles. The highest BCUT2D eigenvalue weighted by molar-refractivity contribution is 7.20. The summed E-state index contributed by atoms with van der Waals surface area (Å²) < 4.78 is 39.7. The molecule has 0 spiro atoms. The summed E-state index contributed by atoms with van der Waals surface area (Å²) in [4.78, 5) is 15.4. The van der Waals surface area contributed by atoms with E-state index in [0.717, 1.165) is 23.5 Å². The third kappa shape index (κ3) is 3.26. The van der Waals surface area contributed by atoms with Gasteiger partial charge < -0.3 is 11.1 Å². The Labute approximate surface area is 131 Å². The Hall–Kier alpha value is -2.62. The topological polar surface area (TPSA) is 85.3 Å². The fourth-order valence-corrected chi connectivity index (χ4v) is 2.71. The second kappa shape index (κ2) is 5.54. The van der Waals surface area contributed by atoms with Gasteiger partial charge in [0.25, 0.3) is 0 Å². The van der Waals surface area contributed by atoms with Crippen LogP contribution in [-0.2, 0) is 11.0 Å². The lowest BCUT2D eigenvalue weighted by Crippen LogP contribution is -2.21. The Morgan fingerprint density at radius 1 is 1.39 bits per heavy atom. The van der Waals surface area contributed by atoms with Crippen molar-refractivity contribution in [1.29, 1.82) is 0 Å². The third-order valence-corrected chi connectivity index (χ3v) is 3.82. The number of amides is 1. The highest BCUT2D eigenvalue weighted by atomic mass is 32.1. The smallest absolute Gasteiger partial charge is 0.368 e. The van der Waals surface area contributed by atoms with Gasteiger partial charge in [-0.2, -0.15) is 13.2 Å². The number of carbonyl (C=O) groups is 1. The summed E-state index contributed by atoms with van der Waals surface area (Å²) in [5, 5.41) is 7.31. The molecule has 0 atom stereocenters. The van der Waals surface area contributed by atoms with Crippen LogP contribution >= 0.6 is 11.3 Å². The van der Waals surface area contributed by atoms with Gasteiger partial charge in [-0.25, -0.2) is 9.50 Å². The number of benzene rings is 1. The summed E-state index contributed by atoms with van der Waals surface area (Å²) in [6.07, 6.45) is -2.88. The molecule has 3 N–H and O–H groups in total. The molecule has 3 rings (SSSR count). The van der Waals surface area contributed by atoms with Gasteiger partial charge >= 0.3 is 6.18 Å². The fourth-order valence-electron chi connectivity index (χ4n) is 1.93.